The van der Waals surface area contributed by atoms with E-state index in [-0.39, 0.29) is 11.8 Å². The first-order valence-corrected chi connectivity index (χ1v) is 10.3. The van der Waals surface area contributed by atoms with Crippen molar-refractivity contribution in [2.45, 2.75) is 25.8 Å². The van der Waals surface area contributed by atoms with E-state index in [4.69, 9.17) is 0 Å². The molecule has 27 heavy (non-hydrogen) atoms. The van der Waals surface area contributed by atoms with E-state index in [9.17, 15) is 9.59 Å². The highest BCUT2D eigenvalue weighted by atomic mass is 32.1. The quantitative estimate of drug-likeness (QED) is 0.793. The number of amides is 2. The zero-order chi connectivity index (χ0) is 18.6. The lowest BCUT2D eigenvalue weighted by atomic mass is 10.2. The van der Waals surface area contributed by atoms with Gasteiger partial charge in [0.15, 0.2) is 5.13 Å². The van der Waals surface area contributed by atoms with E-state index in [2.05, 4.69) is 22.1 Å². The van der Waals surface area contributed by atoms with E-state index in [0.29, 0.717) is 12.8 Å². The highest BCUT2D eigenvalue weighted by Crippen LogP contribution is 2.25. The van der Waals surface area contributed by atoms with Gasteiger partial charge in [-0.25, -0.2) is 4.98 Å². The first-order chi connectivity index (χ1) is 13.2. The Morgan fingerprint density at radius 3 is 2.67 bits per heavy atom. The predicted octanol–water partition coefficient (Wildman–Crippen LogP) is 0.135. The van der Waals surface area contributed by atoms with E-state index < -0.39 is 0 Å². The van der Waals surface area contributed by atoms with E-state index in [0.717, 1.165) is 56.5 Å². The summed E-state index contributed by atoms with van der Waals surface area (Å²) in [5.74, 6) is 0.262. The standard InChI is InChI=1S/C19H23N5O2S/c25-17-2-1-7-24(17)19-21-16(14-27-19)12-18(26)23-10-8-22(9-11-23)13-15-3-5-20-6-4-15/h3-6,14H,1-2,7-13H2/p+1. The Kier molecular flexibility index (Phi) is 5.45. The Morgan fingerprint density at radius 1 is 1.19 bits per heavy atom. The number of thiazole rings is 1. The summed E-state index contributed by atoms with van der Waals surface area (Å²) in [6.45, 7) is 5.19. The molecular formula is C19H24N5O2S+. The van der Waals surface area contributed by atoms with Crippen LogP contribution in [0.5, 0.6) is 0 Å². The highest BCUT2D eigenvalue weighted by Gasteiger charge is 2.26. The Morgan fingerprint density at radius 2 is 1.96 bits per heavy atom. The van der Waals surface area contributed by atoms with Crippen molar-refractivity contribution in [3.63, 3.8) is 0 Å². The summed E-state index contributed by atoms with van der Waals surface area (Å²) in [6.07, 6.45) is 5.45. The first kappa shape index (κ1) is 18.1. The Balaban J connectivity index is 1.27. The van der Waals surface area contributed by atoms with Crippen molar-refractivity contribution in [1.82, 2.24) is 14.9 Å². The number of aromatic nitrogens is 2. The maximum absolute atomic E-state index is 12.6. The van der Waals surface area contributed by atoms with Crippen molar-refractivity contribution in [1.29, 1.82) is 0 Å². The zero-order valence-electron chi connectivity index (χ0n) is 15.3. The maximum Gasteiger partial charge on any atom is 0.229 e. The molecule has 7 nitrogen and oxygen atoms in total. The van der Waals surface area contributed by atoms with Crippen LogP contribution >= 0.6 is 11.3 Å². The second-order valence-electron chi connectivity index (χ2n) is 7.11. The smallest absolute Gasteiger partial charge is 0.229 e. The van der Waals surface area contributed by atoms with Gasteiger partial charge in [0.1, 0.15) is 6.54 Å². The molecule has 4 rings (SSSR count). The van der Waals surface area contributed by atoms with Gasteiger partial charge in [0, 0.05) is 36.3 Å². The summed E-state index contributed by atoms with van der Waals surface area (Å²) in [5, 5.41) is 2.64. The summed E-state index contributed by atoms with van der Waals surface area (Å²) >= 11 is 1.45. The Bertz CT molecular complexity index is 801. The summed E-state index contributed by atoms with van der Waals surface area (Å²) in [4.78, 5) is 38.2. The number of hydrogen-bond donors (Lipinski definition) is 1. The fraction of sp³-hybridized carbons (Fsp3) is 0.474. The molecule has 2 aliphatic rings. The van der Waals surface area contributed by atoms with Crippen LogP contribution in [0.15, 0.2) is 29.9 Å². The number of hydrogen-bond acceptors (Lipinski definition) is 5. The third-order valence-corrected chi connectivity index (χ3v) is 6.12. The number of carbonyl (C=O) groups excluding carboxylic acids is 2. The van der Waals surface area contributed by atoms with Crippen molar-refractivity contribution >= 4 is 28.3 Å². The van der Waals surface area contributed by atoms with E-state index in [1.807, 2.05) is 22.7 Å². The van der Waals surface area contributed by atoms with Gasteiger partial charge in [0.05, 0.1) is 38.3 Å². The SMILES string of the molecule is O=C(Cc1csc(N2CCCC2=O)n1)N1CC[NH+](Cc2ccncc2)CC1. The molecule has 2 amide bonds. The monoisotopic (exact) mass is 386 g/mol. The number of nitrogens with zero attached hydrogens (tertiary/aromatic N) is 4. The van der Waals surface area contributed by atoms with Crippen LogP contribution in [0.3, 0.4) is 0 Å². The minimum absolute atomic E-state index is 0.127. The molecule has 0 aromatic carbocycles. The molecule has 0 radical (unpaired) electrons. The van der Waals surface area contributed by atoms with Crippen molar-refractivity contribution in [3.05, 3.63) is 41.2 Å². The normalized spacial score (nSPS) is 18.3. The lowest BCUT2D eigenvalue weighted by Crippen LogP contribution is -3.13. The molecule has 2 aromatic rings. The molecule has 0 unspecified atom stereocenters. The average molecular weight is 387 g/mol. The van der Waals surface area contributed by atoms with E-state index >= 15 is 0 Å². The van der Waals surface area contributed by atoms with Gasteiger partial charge < -0.3 is 9.80 Å². The third-order valence-electron chi connectivity index (χ3n) is 5.20. The molecule has 8 heteroatoms. The fourth-order valence-electron chi connectivity index (χ4n) is 3.66. The molecule has 2 saturated heterocycles. The highest BCUT2D eigenvalue weighted by molar-refractivity contribution is 7.14. The zero-order valence-corrected chi connectivity index (χ0v) is 16.1. The summed E-state index contributed by atoms with van der Waals surface area (Å²) in [6, 6.07) is 4.10. The van der Waals surface area contributed by atoms with Crippen molar-refractivity contribution in [2.24, 2.45) is 0 Å². The van der Waals surface area contributed by atoms with Crippen LogP contribution in [0, 0.1) is 0 Å². The molecule has 2 fully saturated rings. The molecule has 0 aliphatic carbocycles. The molecule has 0 saturated carbocycles. The van der Waals surface area contributed by atoms with Crippen molar-refractivity contribution in [3.8, 4) is 0 Å². The molecule has 2 aromatic heterocycles. The van der Waals surface area contributed by atoms with Gasteiger partial charge in [-0.2, -0.15) is 0 Å². The number of rotatable bonds is 5. The van der Waals surface area contributed by atoms with Crippen LogP contribution in [0.4, 0.5) is 5.13 Å². The van der Waals surface area contributed by atoms with Gasteiger partial charge in [-0.05, 0) is 18.6 Å². The molecule has 2 aliphatic heterocycles. The molecule has 142 valence electrons. The molecule has 4 heterocycles. The summed E-state index contributed by atoms with van der Waals surface area (Å²) in [7, 11) is 0. The summed E-state index contributed by atoms with van der Waals surface area (Å²) < 4.78 is 0. The lowest BCUT2D eigenvalue weighted by molar-refractivity contribution is -0.917. The van der Waals surface area contributed by atoms with Gasteiger partial charge in [0.2, 0.25) is 11.8 Å². The first-order valence-electron chi connectivity index (χ1n) is 9.44. The van der Waals surface area contributed by atoms with Crippen LogP contribution in [-0.2, 0) is 22.6 Å². The number of piperazine rings is 1. The van der Waals surface area contributed by atoms with Gasteiger partial charge in [-0.3, -0.25) is 19.5 Å². The van der Waals surface area contributed by atoms with Gasteiger partial charge in [-0.15, -0.1) is 11.3 Å². The molecule has 0 spiro atoms. The minimum Gasteiger partial charge on any atom is -0.331 e. The predicted molar refractivity (Wildman–Crippen MR) is 103 cm³/mol. The second kappa shape index (κ2) is 8.14. The lowest BCUT2D eigenvalue weighted by Gasteiger charge is -2.32. The Labute approximate surface area is 162 Å². The number of quaternary nitrogens is 1. The minimum atomic E-state index is 0.127. The van der Waals surface area contributed by atoms with Crippen LogP contribution in [0.1, 0.15) is 24.1 Å². The van der Waals surface area contributed by atoms with Crippen LogP contribution in [0.2, 0.25) is 0 Å². The molecule has 1 N–H and O–H groups in total. The maximum atomic E-state index is 12.6. The second-order valence-corrected chi connectivity index (χ2v) is 7.95. The number of carbonyl (C=O) groups is 2. The third kappa shape index (κ3) is 4.33. The van der Waals surface area contributed by atoms with Crippen LogP contribution in [0.25, 0.3) is 0 Å². The van der Waals surface area contributed by atoms with E-state index in [1.54, 1.807) is 4.90 Å². The topological polar surface area (TPSA) is 70.8 Å². The van der Waals surface area contributed by atoms with Gasteiger partial charge >= 0.3 is 0 Å². The number of pyridine rings is 1. The fourth-order valence-corrected chi connectivity index (χ4v) is 4.52. The summed E-state index contributed by atoms with van der Waals surface area (Å²) in [5.41, 5.74) is 2.05. The average Bonchev–Trinajstić information content (AvgIpc) is 3.32. The van der Waals surface area contributed by atoms with Gasteiger partial charge in [0.25, 0.3) is 0 Å². The van der Waals surface area contributed by atoms with E-state index in [1.165, 1.54) is 21.8 Å². The number of anilines is 1. The largest absolute Gasteiger partial charge is 0.331 e. The van der Waals surface area contributed by atoms with Crippen LogP contribution in [-0.4, -0.2) is 59.4 Å². The van der Waals surface area contributed by atoms with Crippen LogP contribution < -0.4 is 9.80 Å². The number of nitrogens with one attached hydrogen (secondary N) is 1. The molecular weight excluding hydrogens is 362 g/mol. The Hall–Kier alpha value is -2.32. The van der Waals surface area contributed by atoms with Crippen molar-refractivity contribution in [2.75, 3.05) is 37.6 Å². The van der Waals surface area contributed by atoms with Gasteiger partial charge in [-0.1, -0.05) is 0 Å². The molecule has 0 atom stereocenters. The molecule has 0 bridgehead atoms. The van der Waals surface area contributed by atoms with Crippen molar-refractivity contribution < 1.29 is 14.5 Å².